The fourth-order valence-corrected chi connectivity index (χ4v) is 4.26. The molecule has 11 heteroatoms. The first-order chi connectivity index (χ1) is 17.0. The summed E-state index contributed by atoms with van der Waals surface area (Å²) < 4.78 is 7.03. The number of hydrogen-bond acceptors (Lipinski definition) is 7. The van der Waals surface area contributed by atoms with Crippen LogP contribution in [-0.2, 0) is 17.6 Å². The molecule has 0 atom stereocenters. The van der Waals surface area contributed by atoms with Gasteiger partial charge in [0.25, 0.3) is 5.56 Å². The molecule has 180 valence electrons. The number of thioether (sulfide) groups is 1. The minimum atomic E-state index is -0.593. The molecule has 4 aromatic rings. The average molecular weight is 493 g/mol. The van der Waals surface area contributed by atoms with E-state index in [0.29, 0.717) is 29.0 Å². The lowest BCUT2D eigenvalue weighted by molar-refractivity contribution is -0.118. The number of rotatable bonds is 10. The van der Waals surface area contributed by atoms with Crippen LogP contribution in [0.1, 0.15) is 17.1 Å². The number of aromatic amines is 2. The quantitative estimate of drug-likeness (QED) is 0.287. The summed E-state index contributed by atoms with van der Waals surface area (Å²) in [7, 11) is 1.58. The number of benzene rings is 2. The highest BCUT2D eigenvalue weighted by molar-refractivity contribution is 7.99. The van der Waals surface area contributed by atoms with Gasteiger partial charge in [-0.05, 0) is 36.2 Å². The summed E-state index contributed by atoms with van der Waals surface area (Å²) in [5.74, 6) is 1.23. The second-order valence-electron chi connectivity index (χ2n) is 7.60. The molecule has 0 bridgehead atoms. The SMILES string of the molecule is COc1ccc(-n2c(Cc3cc(=O)[nH]c(=O)[nH]3)nnc2SCC(=O)NCCc2ccccc2)cc1. The molecule has 10 nitrogen and oxygen atoms in total. The van der Waals surface area contributed by atoms with Crippen LogP contribution in [0.15, 0.2) is 75.4 Å². The molecule has 0 aliphatic rings. The molecule has 0 aliphatic heterocycles. The van der Waals surface area contributed by atoms with Gasteiger partial charge in [0.05, 0.1) is 12.9 Å². The third-order valence-electron chi connectivity index (χ3n) is 5.11. The molecule has 0 fully saturated rings. The Kier molecular flexibility index (Phi) is 7.78. The van der Waals surface area contributed by atoms with E-state index < -0.39 is 11.2 Å². The molecule has 0 spiro atoms. The fraction of sp³-hybridized carbons (Fsp3) is 0.208. The number of amides is 1. The van der Waals surface area contributed by atoms with Gasteiger partial charge in [-0.3, -0.25) is 19.1 Å². The van der Waals surface area contributed by atoms with Crippen molar-refractivity contribution in [1.29, 1.82) is 0 Å². The number of nitrogens with one attached hydrogen (secondary N) is 3. The number of carbonyl (C=O) groups excluding carboxylic acids is 1. The van der Waals surface area contributed by atoms with Gasteiger partial charge < -0.3 is 15.0 Å². The van der Waals surface area contributed by atoms with Gasteiger partial charge >= 0.3 is 5.69 Å². The van der Waals surface area contributed by atoms with E-state index in [0.717, 1.165) is 17.7 Å². The summed E-state index contributed by atoms with van der Waals surface area (Å²) in [6.45, 7) is 0.537. The van der Waals surface area contributed by atoms with E-state index in [1.165, 1.54) is 17.8 Å². The highest BCUT2D eigenvalue weighted by Crippen LogP contribution is 2.24. The Morgan fingerprint density at radius 1 is 1.06 bits per heavy atom. The van der Waals surface area contributed by atoms with Gasteiger partial charge in [-0.15, -0.1) is 10.2 Å². The van der Waals surface area contributed by atoms with E-state index in [2.05, 4.69) is 25.5 Å². The Morgan fingerprint density at radius 2 is 1.83 bits per heavy atom. The van der Waals surface area contributed by atoms with E-state index >= 15 is 0 Å². The molecule has 0 unspecified atom stereocenters. The number of hydrogen-bond donors (Lipinski definition) is 3. The van der Waals surface area contributed by atoms with Gasteiger partial charge in [0, 0.05) is 30.4 Å². The highest BCUT2D eigenvalue weighted by Gasteiger charge is 2.17. The van der Waals surface area contributed by atoms with Crippen molar-refractivity contribution in [2.24, 2.45) is 0 Å². The summed E-state index contributed by atoms with van der Waals surface area (Å²) in [5.41, 5.74) is 1.22. The van der Waals surface area contributed by atoms with Gasteiger partial charge in [0.2, 0.25) is 5.91 Å². The number of H-pyrrole nitrogens is 2. The maximum absolute atomic E-state index is 12.4. The van der Waals surface area contributed by atoms with Gasteiger partial charge in [0.1, 0.15) is 11.6 Å². The minimum absolute atomic E-state index is 0.115. The number of aromatic nitrogens is 5. The van der Waals surface area contributed by atoms with Crippen LogP contribution in [0, 0.1) is 0 Å². The average Bonchev–Trinajstić information content (AvgIpc) is 3.25. The molecule has 4 rings (SSSR count). The predicted octanol–water partition coefficient (Wildman–Crippen LogP) is 1.69. The zero-order valence-electron chi connectivity index (χ0n) is 19.0. The number of ether oxygens (including phenoxy) is 1. The molecule has 3 N–H and O–H groups in total. The summed E-state index contributed by atoms with van der Waals surface area (Å²) >= 11 is 1.25. The van der Waals surface area contributed by atoms with Crippen molar-refractivity contribution in [3.05, 3.63) is 98.6 Å². The Balaban J connectivity index is 1.50. The van der Waals surface area contributed by atoms with Crippen molar-refractivity contribution < 1.29 is 9.53 Å². The van der Waals surface area contributed by atoms with Crippen LogP contribution in [0.5, 0.6) is 5.75 Å². The topological polar surface area (TPSA) is 135 Å². The maximum atomic E-state index is 12.4. The van der Waals surface area contributed by atoms with Crippen LogP contribution in [0.2, 0.25) is 0 Å². The molecule has 0 aliphatic carbocycles. The normalized spacial score (nSPS) is 10.8. The third kappa shape index (κ3) is 6.48. The first-order valence-corrected chi connectivity index (χ1v) is 11.8. The Morgan fingerprint density at radius 3 is 2.54 bits per heavy atom. The fourth-order valence-electron chi connectivity index (χ4n) is 3.46. The molecule has 1 amide bonds. The van der Waals surface area contributed by atoms with Crippen molar-refractivity contribution in [3.8, 4) is 11.4 Å². The smallest absolute Gasteiger partial charge is 0.325 e. The van der Waals surface area contributed by atoms with Gasteiger partial charge in [-0.2, -0.15) is 0 Å². The molecule has 35 heavy (non-hydrogen) atoms. The molecule has 2 heterocycles. The van der Waals surface area contributed by atoms with Crippen LogP contribution < -0.4 is 21.3 Å². The van der Waals surface area contributed by atoms with Crippen LogP contribution in [-0.4, -0.2) is 50.0 Å². The maximum Gasteiger partial charge on any atom is 0.325 e. The predicted molar refractivity (Wildman–Crippen MR) is 132 cm³/mol. The molecule has 0 saturated heterocycles. The van der Waals surface area contributed by atoms with Gasteiger partial charge in [-0.1, -0.05) is 42.1 Å². The number of methoxy groups -OCH3 is 1. The standard InChI is InChI=1S/C24H24N6O4S/c1-34-19-9-7-18(8-10-19)30-20(13-17-14-21(31)27-23(33)26-17)28-29-24(30)35-15-22(32)25-12-11-16-5-3-2-4-6-16/h2-10,14H,11-13,15H2,1H3,(H,25,32)(H2,26,27,31,33). The molecular weight excluding hydrogens is 468 g/mol. The van der Waals surface area contributed by atoms with Crippen LogP contribution in [0.25, 0.3) is 5.69 Å². The van der Waals surface area contributed by atoms with Gasteiger partial charge in [0.15, 0.2) is 5.16 Å². The molecule has 2 aromatic heterocycles. The van der Waals surface area contributed by atoms with Crippen molar-refractivity contribution >= 4 is 17.7 Å². The lowest BCUT2D eigenvalue weighted by Crippen LogP contribution is -2.27. The monoisotopic (exact) mass is 492 g/mol. The Labute approximate surface area is 204 Å². The Hall–Kier alpha value is -4.12. The molecular formula is C24H24N6O4S. The van der Waals surface area contributed by atoms with Crippen molar-refractivity contribution in [2.45, 2.75) is 18.0 Å². The van der Waals surface area contributed by atoms with E-state index in [-0.39, 0.29) is 18.1 Å². The Bertz CT molecular complexity index is 1370. The minimum Gasteiger partial charge on any atom is -0.497 e. The van der Waals surface area contributed by atoms with Crippen LogP contribution >= 0.6 is 11.8 Å². The summed E-state index contributed by atoms with van der Waals surface area (Å²) in [5, 5.41) is 12.0. The first kappa shape index (κ1) is 24.0. The van der Waals surface area contributed by atoms with Crippen LogP contribution in [0.3, 0.4) is 0 Å². The number of nitrogens with zero attached hydrogens (tertiary/aromatic N) is 3. The second kappa shape index (κ2) is 11.3. The van der Waals surface area contributed by atoms with E-state index in [9.17, 15) is 14.4 Å². The van der Waals surface area contributed by atoms with Crippen molar-refractivity contribution in [1.82, 2.24) is 30.0 Å². The first-order valence-electron chi connectivity index (χ1n) is 10.9. The summed E-state index contributed by atoms with van der Waals surface area (Å²) in [4.78, 5) is 40.6. The lowest BCUT2D eigenvalue weighted by Gasteiger charge is -2.11. The van der Waals surface area contributed by atoms with Gasteiger partial charge in [-0.25, -0.2) is 4.79 Å². The van der Waals surface area contributed by atoms with E-state index in [4.69, 9.17) is 4.74 Å². The summed E-state index contributed by atoms with van der Waals surface area (Å²) in [6, 6.07) is 18.5. The number of carbonyl (C=O) groups is 1. The molecule has 0 radical (unpaired) electrons. The van der Waals surface area contributed by atoms with Crippen molar-refractivity contribution in [2.75, 3.05) is 19.4 Å². The zero-order chi connectivity index (χ0) is 24.6. The van der Waals surface area contributed by atoms with Crippen LogP contribution in [0.4, 0.5) is 0 Å². The molecule has 2 aromatic carbocycles. The lowest BCUT2D eigenvalue weighted by atomic mass is 10.1. The largest absolute Gasteiger partial charge is 0.497 e. The second-order valence-corrected chi connectivity index (χ2v) is 8.54. The van der Waals surface area contributed by atoms with Crippen molar-refractivity contribution in [3.63, 3.8) is 0 Å². The van der Waals surface area contributed by atoms with E-state index in [1.54, 1.807) is 23.8 Å². The zero-order valence-corrected chi connectivity index (χ0v) is 19.8. The van der Waals surface area contributed by atoms with E-state index in [1.807, 2.05) is 42.5 Å². The summed E-state index contributed by atoms with van der Waals surface area (Å²) in [6.07, 6.45) is 0.917. The molecule has 0 saturated carbocycles. The third-order valence-corrected chi connectivity index (χ3v) is 6.04. The highest BCUT2D eigenvalue weighted by atomic mass is 32.2.